The summed E-state index contributed by atoms with van der Waals surface area (Å²) in [7, 11) is 0. The average Bonchev–Trinajstić information content (AvgIpc) is 2.53. The molecule has 0 spiro atoms. The molecule has 0 aliphatic carbocycles. The van der Waals surface area contributed by atoms with E-state index in [9.17, 15) is 9.59 Å². The molecule has 0 radical (unpaired) electrons. The van der Waals surface area contributed by atoms with Crippen LogP contribution in [-0.2, 0) is 20.9 Å². The van der Waals surface area contributed by atoms with Crippen molar-refractivity contribution in [1.82, 2.24) is 15.6 Å². The number of rotatable bonds is 5. The molecule has 1 aliphatic heterocycles. The number of nitrogens with zero attached hydrogens (tertiary/aromatic N) is 2. The number of hydrogen-bond acceptors (Lipinski definition) is 5. The molecule has 2 N–H and O–H groups in total. The van der Waals surface area contributed by atoms with Crippen molar-refractivity contribution < 1.29 is 14.3 Å². The first-order valence-electron chi connectivity index (χ1n) is 7.38. The first kappa shape index (κ1) is 16.2. The average molecular weight is 306 g/mol. The second-order valence-corrected chi connectivity index (χ2v) is 5.26. The lowest BCUT2D eigenvalue weighted by Gasteiger charge is -2.27. The van der Waals surface area contributed by atoms with Crippen LogP contribution < -0.4 is 15.5 Å². The number of anilines is 1. The van der Waals surface area contributed by atoms with E-state index in [-0.39, 0.29) is 11.8 Å². The van der Waals surface area contributed by atoms with E-state index < -0.39 is 6.04 Å². The maximum absolute atomic E-state index is 11.8. The molecular formula is C15H22N4O3. The van der Waals surface area contributed by atoms with Gasteiger partial charge in [-0.15, -0.1) is 0 Å². The Morgan fingerprint density at radius 2 is 2.09 bits per heavy atom. The van der Waals surface area contributed by atoms with Crippen LogP contribution in [0.2, 0.25) is 0 Å². The highest BCUT2D eigenvalue weighted by Gasteiger charge is 2.14. The number of morpholine rings is 1. The van der Waals surface area contributed by atoms with Gasteiger partial charge in [0.05, 0.1) is 13.2 Å². The molecule has 1 aromatic rings. The SMILES string of the molecule is CC(=O)N[C@H](C)C(=O)NCc1ccc(N2CCOCC2)nc1. The van der Waals surface area contributed by atoms with Gasteiger partial charge < -0.3 is 20.3 Å². The van der Waals surface area contributed by atoms with Gasteiger partial charge in [0.2, 0.25) is 11.8 Å². The zero-order valence-electron chi connectivity index (χ0n) is 13.0. The highest BCUT2D eigenvalue weighted by atomic mass is 16.5. The van der Waals surface area contributed by atoms with Gasteiger partial charge in [0.15, 0.2) is 0 Å². The van der Waals surface area contributed by atoms with Gasteiger partial charge in [-0.05, 0) is 18.6 Å². The predicted octanol–water partition coefficient (Wildman–Crippen LogP) is 0.0590. The third-order valence-corrected chi connectivity index (χ3v) is 3.42. The molecule has 0 saturated carbocycles. The van der Waals surface area contributed by atoms with Crippen molar-refractivity contribution in [1.29, 1.82) is 0 Å². The topological polar surface area (TPSA) is 83.6 Å². The molecule has 1 aliphatic rings. The van der Waals surface area contributed by atoms with Crippen LogP contribution >= 0.6 is 0 Å². The Kier molecular flexibility index (Phi) is 5.71. The summed E-state index contributed by atoms with van der Waals surface area (Å²) in [6.45, 7) is 6.56. The zero-order chi connectivity index (χ0) is 15.9. The van der Waals surface area contributed by atoms with E-state index in [1.807, 2.05) is 12.1 Å². The molecule has 1 fully saturated rings. The van der Waals surface area contributed by atoms with Gasteiger partial charge in [-0.25, -0.2) is 4.98 Å². The minimum Gasteiger partial charge on any atom is -0.378 e. The maximum atomic E-state index is 11.8. The summed E-state index contributed by atoms with van der Waals surface area (Å²) in [5, 5.41) is 5.32. The van der Waals surface area contributed by atoms with Gasteiger partial charge in [-0.1, -0.05) is 6.07 Å². The second-order valence-electron chi connectivity index (χ2n) is 5.26. The number of amides is 2. The molecule has 0 unspecified atom stereocenters. The Morgan fingerprint density at radius 3 is 2.68 bits per heavy atom. The lowest BCUT2D eigenvalue weighted by molar-refractivity contribution is -0.127. The molecule has 0 bridgehead atoms. The molecular weight excluding hydrogens is 284 g/mol. The largest absolute Gasteiger partial charge is 0.378 e. The number of aromatic nitrogens is 1. The van der Waals surface area contributed by atoms with Crippen molar-refractivity contribution in [2.24, 2.45) is 0 Å². The smallest absolute Gasteiger partial charge is 0.242 e. The van der Waals surface area contributed by atoms with Crippen molar-refractivity contribution in [2.45, 2.75) is 26.4 Å². The Labute approximate surface area is 130 Å². The van der Waals surface area contributed by atoms with Crippen molar-refractivity contribution >= 4 is 17.6 Å². The fourth-order valence-electron chi connectivity index (χ4n) is 2.21. The monoisotopic (exact) mass is 306 g/mol. The van der Waals surface area contributed by atoms with Crippen molar-refractivity contribution in [3.05, 3.63) is 23.9 Å². The Morgan fingerprint density at radius 1 is 1.36 bits per heavy atom. The summed E-state index contributed by atoms with van der Waals surface area (Å²) in [5.74, 6) is 0.483. The molecule has 2 amide bonds. The molecule has 120 valence electrons. The normalized spacial score (nSPS) is 16.0. The summed E-state index contributed by atoms with van der Waals surface area (Å²) in [4.78, 5) is 29.3. The number of ether oxygens (including phenoxy) is 1. The summed E-state index contributed by atoms with van der Waals surface area (Å²) in [6.07, 6.45) is 1.76. The van der Waals surface area contributed by atoms with Gasteiger partial charge in [-0.3, -0.25) is 9.59 Å². The van der Waals surface area contributed by atoms with E-state index >= 15 is 0 Å². The van der Waals surface area contributed by atoms with Crippen LogP contribution in [-0.4, -0.2) is 49.1 Å². The second kappa shape index (κ2) is 7.74. The molecule has 22 heavy (non-hydrogen) atoms. The fraction of sp³-hybridized carbons (Fsp3) is 0.533. The standard InChI is InChI=1S/C15H22N4O3/c1-11(18-12(2)20)15(21)17-10-13-3-4-14(16-9-13)19-5-7-22-8-6-19/h3-4,9,11H,5-8,10H2,1-2H3,(H,17,21)(H,18,20)/t11-/m1/s1. The van der Waals surface area contributed by atoms with E-state index in [4.69, 9.17) is 4.74 Å². The molecule has 0 aromatic carbocycles. The summed E-state index contributed by atoms with van der Waals surface area (Å²) in [6, 6.07) is 3.35. The number of hydrogen-bond donors (Lipinski definition) is 2. The Balaban J connectivity index is 1.83. The number of carbonyl (C=O) groups excluding carboxylic acids is 2. The van der Waals surface area contributed by atoms with Crippen molar-refractivity contribution in [3.63, 3.8) is 0 Å². The Hall–Kier alpha value is -2.15. The predicted molar refractivity (Wildman–Crippen MR) is 82.4 cm³/mol. The zero-order valence-corrected chi connectivity index (χ0v) is 13.0. The Bertz CT molecular complexity index is 512. The van der Waals surface area contributed by atoms with Crippen molar-refractivity contribution in [3.8, 4) is 0 Å². The minimum absolute atomic E-state index is 0.215. The molecule has 1 atom stereocenters. The van der Waals surface area contributed by atoms with Crippen LogP contribution in [0.4, 0.5) is 5.82 Å². The van der Waals surface area contributed by atoms with Gasteiger partial charge in [-0.2, -0.15) is 0 Å². The van der Waals surface area contributed by atoms with E-state index in [2.05, 4.69) is 20.5 Å². The fourth-order valence-corrected chi connectivity index (χ4v) is 2.21. The first-order chi connectivity index (χ1) is 10.6. The molecule has 1 aromatic heterocycles. The minimum atomic E-state index is -0.543. The van der Waals surface area contributed by atoms with Gasteiger partial charge in [0.1, 0.15) is 11.9 Å². The van der Waals surface area contributed by atoms with Gasteiger partial charge in [0, 0.05) is 32.8 Å². The van der Waals surface area contributed by atoms with Crippen molar-refractivity contribution in [2.75, 3.05) is 31.2 Å². The highest BCUT2D eigenvalue weighted by Crippen LogP contribution is 2.12. The van der Waals surface area contributed by atoms with E-state index in [1.54, 1.807) is 13.1 Å². The number of nitrogens with one attached hydrogen (secondary N) is 2. The lowest BCUT2D eigenvalue weighted by atomic mass is 10.2. The van der Waals surface area contributed by atoms with Crippen LogP contribution in [0.15, 0.2) is 18.3 Å². The highest BCUT2D eigenvalue weighted by molar-refractivity contribution is 5.86. The first-order valence-corrected chi connectivity index (χ1v) is 7.38. The van der Waals surface area contributed by atoms with Crippen LogP contribution in [0.5, 0.6) is 0 Å². The third kappa shape index (κ3) is 4.70. The van der Waals surface area contributed by atoms with Gasteiger partial charge in [0.25, 0.3) is 0 Å². The van der Waals surface area contributed by atoms with Gasteiger partial charge >= 0.3 is 0 Å². The summed E-state index contributed by atoms with van der Waals surface area (Å²) in [5.41, 5.74) is 0.917. The maximum Gasteiger partial charge on any atom is 0.242 e. The third-order valence-electron chi connectivity index (χ3n) is 3.42. The van der Waals surface area contributed by atoms with E-state index in [0.29, 0.717) is 6.54 Å². The number of pyridine rings is 1. The molecule has 1 saturated heterocycles. The molecule has 7 nitrogen and oxygen atoms in total. The molecule has 2 rings (SSSR count). The quantitative estimate of drug-likeness (QED) is 0.804. The van der Waals surface area contributed by atoms with Crippen LogP contribution in [0.3, 0.4) is 0 Å². The van der Waals surface area contributed by atoms with E-state index in [0.717, 1.165) is 37.7 Å². The summed E-state index contributed by atoms with van der Waals surface area (Å²) >= 11 is 0. The van der Waals surface area contributed by atoms with Crippen LogP contribution in [0.1, 0.15) is 19.4 Å². The van der Waals surface area contributed by atoms with Crippen LogP contribution in [0, 0.1) is 0 Å². The number of carbonyl (C=O) groups is 2. The van der Waals surface area contributed by atoms with E-state index in [1.165, 1.54) is 6.92 Å². The molecule has 7 heteroatoms. The lowest BCUT2D eigenvalue weighted by Crippen LogP contribution is -2.43. The van der Waals surface area contributed by atoms with Crippen LogP contribution in [0.25, 0.3) is 0 Å². The summed E-state index contributed by atoms with van der Waals surface area (Å²) < 4.78 is 5.31. The molecule has 2 heterocycles.